The number of para-hydroxylation sites is 1. The predicted octanol–water partition coefficient (Wildman–Crippen LogP) is 2.07. The molecule has 0 bridgehead atoms. The number of rotatable bonds is 7. The second-order valence-corrected chi connectivity index (χ2v) is 6.77. The van der Waals surface area contributed by atoms with Gasteiger partial charge in [-0.25, -0.2) is 4.79 Å². The summed E-state index contributed by atoms with van der Waals surface area (Å²) in [5, 5.41) is 6.08. The van der Waals surface area contributed by atoms with Crippen LogP contribution >= 0.6 is 0 Å². The maximum absolute atomic E-state index is 13.2. The molecule has 2 atom stereocenters. The third kappa shape index (κ3) is 4.47. The SMILES string of the molecule is CCOC[C@@H]1CCN(C(=O)[C@@H]2CC(C(=O)OCC)=NN2c2ccccc2)C1. The van der Waals surface area contributed by atoms with Gasteiger partial charge in [-0.3, -0.25) is 9.80 Å². The number of anilines is 1. The van der Waals surface area contributed by atoms with Gasteiger partial charge in [-0.2, -0.15) is 5.10 Å². The van der Waals surface area contributed by atoms with Crippen LogP contribution in [0.2, 0.25) is 0 Å². The average molecular weight is 373 g/mol. The molecule has 1 saturated heterocycles. The number of nitrogens with zero attached hydrogens (tertiary/aromatic N) is 3. The van der Waals surface area contributed by atoms with Gasteiger partial charge in [-0.05, 0) is 32.4 Å². The van der Waals surface area contributed by atoms with Crippen molar-refractivity contribution >= 4 is 23.3 Å². The molecule has 2 heterocycles. The first kappa shape index (κ1) is 19.4. The highest BCUT2D eigenvalue weighted by Gasteiger charge is 2.40. The van der Waals surface area contributed by atoms with E-state index in [9.17, 15) is 9.59 Å². The van der Waals surface area contributed by atoms with Gasteiger partial charge in [0.25, 0.3) is 0 Å². The minimum Gasteiger partial charge on any atom is -0.461 e. The van der Waals surface area contributed by atoms with Gasteiger partial charge in [0.15, 0.2) is 0 Å². The topological polar surface area (TPSA) is 71.4 Å². The van der Waals surface area contributed by atoms with Crippen molar-refractivity contribution in [1.29, 1.82) is 0 Å². The van der Waals surface area contributed by atoms with Crippen molar-refractivity contribution in [2.75, 3.05) is 37.9 Å². The van der Waals surface area contributed by atoms with Crippen molar-refractivity contribution < 1.29 is 19.1 Å². The molecule has 0 N–H and O–H groups in total. The Labute approximate surface area is 159 Å². The van der Waals surface area contributed by atoms with Crippen molar-refractivity contribution in [3.63, 3.8) is 0 Å². The van der Waals surface area contributed by atoms with E-state index in [-0.39, 0.29) is 18.9 Å². The van der Waals surface area contributed by atoms with Crippen molar-refractivity contribution in [2.24, 2.45) is 11.0 Å². The number of carbonyl (C=O) groups is 2. The molecule has 1 amide bonds. The van der Waals surface area contributed by atoms with E-state index in [1.165, 1.54) is 0 Å². The molecule has 146 valence electrons. The van der Waals surface area contributed by atoms with Crippen LogP contribution in [-0.2, 0) is 19.1 Å². The van der Waals surface area contributed by atoms with Gasteiger partial charge >= 0.3 is 5.97 Å². The number of esters is 1. The van der Waals surface area contributed by atoms with Crippen LogP contribution in [0, 0.1) is 5.92 Å². The fraction of sp³-hybridized carbons (Fsp3) is 0.550. The van der Waals surface area contributed by atoms with Crippen molar-refractivity contribution in [2.45, 2.75) is 32.7 Å². The molecule has 0 aromatic heterocycles. The van der Waals surface area contributed by atoms with Crippen LogP contribution in [0.1, 0.15) is 26.7 Å². The summed E-state index contributed by atoms with van der Waals surface area (Å²) in [5.41, 5.74) is 1.09. The number of carbonyl (C=O) groups excluding carboxylic acids is 2. The molecule has 2 aliphatic rings. The first-order valence-electron chi connectivity index (χ1n) is 9.59. The highest BCUT2D eigenvalue weighted by Crippen LogP contribution is 2.28. The first-order chi connectivity index (χ1) is 13.1. The Morgan fingerprint density at radius 3 is 2.67 bits per heavy atom. The summed E-state index contributed by atoms with van der Waals surface area (Å²) in [6.07, 6.45) is 1.20. The second kappa shape index (κ2) is 8.99. The third-order valence-electron chi connectivity index (χ3n) is 4.88. The third-order valence-corrected chi connectivity index (χ3v) is 4.88. The molecule has 1 aromatic carbocycles. The molecule has 1 aromatic rings. The molecule has 2 aliphatic heterocycles. The largest absolute Gasteiger partial charge is 0.461 e. The van der Waals surface area contributed by atoms with Crippen LogP contribution in [-0.4, -0.2) is 61.4 Å². The van der Waals surface area contributed by atoms with Gasteiger partial charge in [0.2, 0.25) is 5.91 Å². The van der Waals surface area contributed by atoms with Crippen LogP contribution in [0.5, 0.6) is 0 Å². The summed E-state index contributed by atoms with van der Waals surface area (Å²) in [4.78, 5) is 27.2. The van der Waals surface area contributed by atoms with Crippen LogP contribution in [0.15, 0.2) is 35.4 Å². The number of hydrazone groups is 1. The van der Waals surface area contributed by atoms with E-state index in [2.05, 4.69) is 5.10 Å². The number of amides is 1. The molecule has 27 heavy (non-hydrogen) atoms. The summed E-state index contributed by atoms with van der Waals surface area (Å²) >= 11 is 0. The first-order valence-corrected chi connectivity index (χ1v) is 9.59. The summed E-state index contributed by atoms with van der Waals surface area (Å²) in [6.45, 7) is 6.78. The Kier molecular flexibility index (Phi) is 6.45. The Morgan fingerprint density at radius 1 is 1.19 bits per heavy atom. The fourth-order valence-electron chi connectivity index (χ4n) is 3.52. The Balaban J connectivity index is 1.74. The molecule has 7 nitrogen and oxygen atoms in total. The van der Waals surface area contributed by atoms with Crippen LogP contribution in [0.4, 0.5) is 5.69 Å². The fourth-order valence-corrected chi connectivity index (χ4v) is 3.52. The zero-order chi connectivity index (χ0) is 19.2. The van der Waals surface area contributed by atoms with E-state index in [1.807, 2.05) is 42.2 Å². The molecule has 0 radical (unpaired) electrons. The molecular weight excluding hydrogens is 346 g/mol. The number of benzene rings is 1. The smallest absolute Gasteiger partial charge is 0.354 e. The lowest BCUT2D eigenvalue weighted by molar-refractivity contribution is -0.135. The summed E-state index contributed by atoms with van der Waals surface area (Å²) < 4.78 is 10.6. The Morgan fingerprint density at radius 2 is 1.96 bits per heavy atom. The van der Waals surface area contributed by atoms with Gasteiger partial charge in [0, 0.05) is 32.0 Å². The van der Waals surface area contributed by atoms with Gasteiger partial charge in [0.1, 0.15) is 11.8 Å². The predicted molar refractivity (Wildman–Crippen MR) is 103 cm³/mol. The molecule has 0 saturated carbocycles. The standard InChI is InChI=1S/C20H27N3O4/c1-3-26-14-15-10-11-22(13-15)19(24)18-12-17(20(25)27-4-2)21-23(18)16-8-6-5-7-9-16/h5-9,15,18H,3-4,10-14H2,1-2H3/t15-,18+/m1/s1. The van der Waals surface area contributed by atoms with Gasteiger partial charge in [-0.15, -0.1) is 0 Å². The highest BCUT2D eigenvalue weighted by molar-refractivity contribution is 6.38. The van der Waals surface area contributed by atoms with Crippen molar-refractivity contribution in [3.8, 4) is 0 Å². The lowest BCUT2D eigenvalue weighted by atomic mass is 10.1. The quantitative estimate of drug-likeness (QED) is 0.684. The van der Waals surface area contributed by atoms with E-state index >= 15 is 0 Å². The highest BCUT2D eigenvalue weighted by atomic mass is 16.5. The van der Waals surface area contributed by atoms with E-state index in [0.29, 0.717) is 37.9 Å². The number of ether oxygens (including phenoxy) is 2. The summed E-state index contributed by atoms with van der Waals surface area (Å²) in [7, 11) is 0. The molecule has 0 spiro atoms. The zero-order valence-electron chi connectivity index (χ0n) is 16.0. The van der Waals surface area contributed by atoms with Gasteiger partial charge < -0.3 is 14.4 Å². The normalized spacial score (nSPS) is 22.1. The maximum Gasteiger partial charge on any atom is 0.354 e. The monoisotopic (exact) mass is 373 g/mol. The van der Waals surface area contributed by atoms with Gasteiger partial charge in [-0.1, -0.05) is 18.2 Å². The van der Waals surface area contributed by atoms with E-state index in [1.54, 1.807) is 11.9 Å². The zero-order valence-corrected chi connectivity index (χ0v) is 16.0. The van der Waals surface area contributed by atoms with Crippen LogP contribution < -0.4 is 5.01 Å². The van der Waals surface area contributed by atoms with Crippen molar-refractivity contribution in [1.82, 2.24) is 4.90 Å². The number of hydrogen-bond donors (Lipinski definition) is 0. The molecule has 0 unspecified atom stereocenters. The molecule has 7 heteroatoms. The number of likely N-dealkylation sites (tertiary alicyclic amines) is 1. The van der Waals surface area contributed by atoms with E-state index in [4.69, 9.17) is 9.47 Å². The second-order valence-electron chi connectivity index (χ2n) is 6.77. The van der Waals surface area contributed by atoms with Crippen molar-refractivity contribution in [3.05, 3.63) is 30.3 Å². The van der Waals surface area contributed by atoms with E-state index < -0.39 is 12.0 Å². The molecule has 1 fully saturated rings. The average Bonchev–Trinajstić information content (AvgIpc) is 3.34. The lowest BCUT2D eigenvalue weighted by Gasteiger charge is -2.27. The summed E-state index contributed by atoms with van der Waals surface area (Å²) in [6, 6.07) is 8.95. The van der Waals surface area contributed by atoms with Crippen LogP contribution in [0.25, 0.3) is 0 Å². The minimum atomic E-state index is -0.516. The summed E-state index contributed by atoms with van der Waals surface area (Å²) in [5.74, 6) is -0.0869. The van der Waals surface area contributed by atoms with E-state index in [0.717, 1.165) is 12.1 Å². The minimum absolute atomic E-state index is 0.000833. The maximum atomic E-state index is 13.2. The Bertz CT molecular complexity index is 692. The van der Waals surface area contributed by atoms with Gasteiger partial charge in [0.05, 0.1) is 18.9 Å². The molecular formula is C20H27N3O4. The Hall–Kier alpha value is -2.41. The number of hydrogen-bond acceptors (Lipinski definition) is 6. The van der Waals surface area contributed by atoms with Crippen LogP contribution in [0.3, 0.4) is 0 Å². The molecule has 3 rings (SSSR count). The molecule has 0 aliphatic carbocycles. The lowest BCUT2D eigenvalue weighted by Crippen LogP contribution is -2.44.